The fourth-order valence-corrected chi connectivity index (χ4v) is 4.78. The van der Waals surface area contributed by atoms with E-state index < -0.39 is 5.25 Å². The van der Waals surface area contributed by atoms with E-state index in [1.54, 1.807) is 36.8 Å². The number of anilines is 1. The van der Waals surface area contributed by atoms with Crippen LogP contribution in [0.15, 0.2) is 48.0 Å². The molecule has 168 valence electrons. The number of carbonyl (C=O) groups excluding carboxylic acids is 3. The number of aromatic nitrogens is 2. The van der Waals surface area contributed by atoms with Crippen LogP contribution in [0.3, 0.4) is 0 Å². The first-order valence-electron chi connectivity index (χ1n) is 10.8. The van der Waals surface area contributed by atoms with Gasteiger partial charge in [0.2, 0.25) is 5.91 Å². The first-order chi connectivity index (χ1) is 15.6. The van der Waals surface area contributed by atoms with Crippen molar-refractivity contribution in [2.24, 2.45) is 4.99 Å². The highest BCUT2D eigenvalue weighted by Crippen LogP contribution is 2.29. The van der Waals surface area contributed by atoms with Gasteiger partial charge in [-0.2, -0.15) is 4.99 Å². The Bertz CT molecular complexity index is 1000. The lowest BCUT2D eigenvalue weighted by Gasteiger charge is -2.27. The van der Waals surface area contributed by atoms with Gasteiger partial charge in [-0.3, -0.25) is 14.4 Å². The summed E-state index contributed by atoms with van der Waals surface area (Å²) >= 11 is 1.38. The van der Waals surface area contributed by atoms with E-state index in [1.165, 1.54) is 18.2 Å². The lowest BCUT2D eigenvalue weighted by Crippen LogP contribution is -2.33. The number of rotatable bonds is 7. The molecule has 0 saturated carbocycles. The van der Waals surface area contributed by atoms with Gasteiger partial charge < -0.3 is 20.1 Å². The third-order valence-electron chi connectivity index (χ3n) is 5.35. The van der Waals surface area contributed by atoms with Crippen LogP contribution >= 0.6 is 11.8 Å². The van der Waals surface area contributed by atoms with Crippen molar-refractivity contribution in [3.05, 3.63) is 48.5 Å². The summed E-state index contributed by atoms with van der Waals surface area (Å²) in [5, 5.41) is 5.89. The van der Waals surface area contributed by atoms with E-state index in [1.807, 2.05) is 10.8 Å². The molecule has 1 saturated heterocycles. The van der Waals surface area contributed by atoms with Crippen molar-refractivity contribution in [2.75, 3.05) is 25.0 Å². The molecule has 9 nitrogen and oxygen atoms in total. The van der Waals surface area contributed by atoms with E-state index in [4.69, 9.17) is 0 Å². The fraction of sp³-hybridized carbons (Fsp3) is 0.409. The van der Waals surface area contributed by atoms with Gasteiger partial charge in [-0.05, 0) is 37.5 Å². The number of likely N-dealkylation sites (tertiary alicyclic amines) is 1. The average Bonchev–Trinajstić information content (AvgIpc) is 3.44. The van der Waals surface area contributed by atoms with Gasteiger partial charge >= 0.3 is 0 Å². The van der Waals surface area contributed by atoms with Crippen LogP contribution in [0.1, 0.15) is 36.0 Å². The second kappa shape index (κ2) is 10.4. The van der Waals surface area contributed by atoms with E-state index in [-0.39, 0.29) is 24.1 Å². The van der Waals surface area contributed by atoms with Gasteiger partial charge in [0.15, 0.2) is 5.17 Å². The molecular weight excluding hydrogens is 428 g/mol. The van der Waals surface area contributed by atoms with Crippen molar-refractivity contribution in [1.82, 2.24) is 19.8 Å². The van der Waals surface area contributed by atoms with Crippen LogP contribution in [0.4, 0.5) is 5.69 Å². The molecule has 32 heavy (non-hydrogen) atoms. The third-order valence-corrected chi connectivity index (χ3v) is 6.56. The Hall–Kier alpha value is -3.14. The van der Waals surface area contributed by atoms with Crippen molar-refractivity contribution < 1.29 is 14.4 Å². The number of hydrogen-bond donors (Lipinski definition) is 2. The predicted octanol–water partition coefficient (Wildman–Crippen LogP) is 2.13. The van der Waals surface area contributed by atoms with Crippen molar-refractivity contribution in [1.29, 1.82) is 0 Å². The fourth-order valence-electron chi connectivity index (χ4n) is 3.67. The molecule has 1 fully saturated rings. The highest BCUT2D eigenvalue weighted by atomic mass is 32.2. The smallest absolute Gasteiger partial charge is 0.262 e. The molecule has 1 aromatic carbocycles. The van der Waals surface area contributed by atoms with Crippen LogP contribution in [-0.4, -0.2) is 62.2 Å². The lowest BCUT2D eigenvalue weighted by atomic mass is 10.1. The molecule has 2 N–H and O–H groups in total. The summed E-state index contributed by atoms with van der Waals surface area (Å²) in [6.07, 6.45) is 8.67. The summed E-state index contributed by atoms with van der Waals surface area (Å²) in [7, 11) is 0. The van der Waals surface area contributed by atoms with Gasteiger partial charge in [-0.15, -0.1) is 0 Å². The number of nitrogens with zero attached hydrogens (tertiary/aromatic N) is 4. The molecule has 3 amide bonds. The standard InChI is InChI=1S/C22H26N6O3S/c29-19(14-18-21(31)26-22(32-18)28-9-2-1-3-10-28)25-17-6-4-5-16(13-17)20(30)24-8-12-27-11-7-23-15-27/h4-7,11,13,15,18H,1-3,8-10,12,14H2,(H,24,30)(H,25,29)/t18-/m0/s1. The number of thioether (sulfide) groups is 1. The zero-order valence-corrected chi connectivity index (χ0v) is 18.5. The van der Waals surface area contributed by atoms with Crippen molar-refractivity contribution in [3.8, 4) is 0 Å². The van der Waals surface area contributed by atoms with Crippen LogP contribution in [0, 0.1) is 0 Å². The topological polar surface area (TPSA) is 109 Å². The Labute approximate surface area is 190 Å². The highest BCUT2D eigenvalue weighted by molar-refractivity contribution is 8.15. The number of carbonyl (C=O) groups is 3. The molecule has 2 aliphatic heterocycles. The molecule has 2 aromatic rings. The number of piperidine rings is 1. The summed E-state index contributed by atoms with van der Waals surface area (Å²) in [6, 6.07) is 6.76. The Morgan fingerprint density at radius 3 is 2.81 bits per heavy atom. The molecule has 3 heterocycles. The van der Waals surface area contributed by atoms with Gasteiger partial charge in [-0.25, -0.2) is 4.98 Å². The summed E-state index contributed by atoms with van der Waals surface area (Å²) in [4.78, 5) is 47.5. The quantitative estimate of drug-likeness (QED) is 0.663. The lowest BCUT2D eigenvalue weighted by molar-refractivity contribution is -0.121. The van der Waals surface area contributed by atoms with Crippen LogP contribution in [0.2, 0.25) is 0 Å². The van der Waals surface area contributed by atoms with E-state index in [0.29, 0.717) is 24.3 Å². The molecule has 0 aliphatic carbocycles. The SMILES string of the molecule is O=C(C[C@@H]1SC(N2CCCCC2)=NC1=O)Nc1cccc(C(=O)NCCn2ccnc2)c1. The summed E-state index contributed by atoms with van der Waals surface area (Å²) in [5.74, 6) is -0.748. The van der Waals surface area contributed by atoms with Crippen molar-refractivity contribution in [2.45, 2.75) is 37.5 Å². The zero-order chi connectivity index (χ0) is 22.3. The Morgan fingerprint density at radius 1 is 1.19 bits per heavy atom. The van der Waals surface area contributed by atoms with Crippen LogP contribution in [0.25, 0.3) is 0 Å². The number of amides is 3. The van der Waals surface area contributed by atoms with Crippen molar-refractivity contribution >= 4 is 40.3 Å². The minimum Gasteiger partial charge on any atom is -0.351 e. The third kappa shape index (κ3) is 5.76. The molecule has 1 aromatic heterocycles. The summed E-state index contributed by atoms with van der Waals surface area (Å²) < 4.78 is 1.87. The largest absolute Gasteiger partial charge is 0.351 e. The van der Waals surface area contributed by atoms with E-state index in [0.717, 1.165) is 31.1 Å². The monoisotopic (exact) mass is 454 g/mol. The maximum absolute atomic E-state index is 12.5. The minimum atomic E-state index is -0.499. The molecule has 0 radical (unpaired) electrons. The highest BCUT2D eigenvalue weighted by Gasteiger charge is 2.33. The molecule has 2 aliphatic rings. The Balaban J connectivity index is 1.26. The summed E-state index contributed by atoms with van der Waals surface area (Å²) in [5.41, 5.74) is 0.973. The van der Waals surface area contributed by atoms with Crippen LogP contribution in [0.5, 0.6) is 0 Å². The van der Waals surface area contributed by atoms with Gasteiger partial charge in [0.25, 0.3) is 11.8 Å². The number of amidine groups is 1. The maximum atomic E-state index is 12.5. The molecule has 0 bridgehead atoms. The number of aliphatic imine (C=N–C) groups is 1. The van der Waals surface area contributed by atoms with Crippen LogP contribution < -0.4 is 10.6 Å². The summed E-state index contributed by atoms with van der Waals surface area (Å²) in [6.45, 7) is 2.91. The van der Waals surface area contributed by atoms with Gasteiger partial charge in [-0.1, -0.05) is 17.8 Å². The van der Waals surface area contributed by atoms with E-state index >= 15 is 0 Å². The van der Waals surface area contributed by atoms with Gasteiger partial charge in [0.05, 0.1) is 6.33 Å². The normalized spacial score (nSPS) is 18.4. The second-order valence-corrected chi connectivity index (χ2v) is 8.95. The molecule has 0 spiro atoms. The second-order valence-electron chi connectivity index (χ2n) is 7.78. The van der Waals surface area contributed by atoms with E-state index in [9.17, 15) is 14.4 Å². The van der Waals surface area contributed by atoms with Gasteiger partial charge in [0.1, 0.15) is 5.25 Å². The molecular formula is C22H26N6O3S. The molecule has 1 atom stereocenters. The van der Waals surface area contributed by atoms with Crippen LogP contribution in [-0.2, 0) is 16.1 Å². The molecule has 0 unspecified atom stereocenters. The minimum absolute atomic E-state index is 0.0473. The Morgan fingerprint density at radius 2 is 2.03 bits per heavy atom. The first-order valence-corrected chi connectivity index (χ1v) is 11.6. The number of imidazole rings is 1. The first kappa shape index (κ1) is 22.1. The van der Waals surface area contributed by atoms with Crippen molar-refractivity contribution in [3.63, 3.8) is 0 Å². The number of hydrogen-bond acceptors (Lipinski definition) is 6. The average molecular weight is 455 g/mol. The predicted molar refractivity (Wildman–Crippen MR) is 123 cm³/mol. The van der Waals surface area contributed by atoms with Gasteiger partial charge in [0, 0.05) is 56.2 Å². The number of nitrogens with one attached hydrogen (secondary N) is 2. The maximum Gasteiger partial charge on any atom is 0.262 e. The molecule has 4 rings (SSSR count). The zero-order valence-electron chi connectivity index (χ0n) is 17.7. The number of benzene rings is 1. The molecule has 10 heteroatoms. The van der Waals surface area contributed by atoms with E-state index in [2.05, 4.69) is 25.5 Å². The Kier molecular flexibility index (Phi) is 7.21.